The molecule has 2 nitrogen and oxygen atoms in total. The monoisotopic (exact) mass is 183 g/mol. The van der Waals surface area contributed by atoms with Crippen LogP contribution in [0.2, 0.25) is 0 Å². The van der Waals surface area contributed by atoms with Crippen LogP contribution in [0.1, 0.15) is 32.6 Å². The van der Waals surface area contributed by atoms with Crippen LogP contribution in [0.15, 0.2) is 0 Å². The van der Waals surface area contributed by atoms with Gasteiger partial charge in [-0.3, -0.25) is 4.90 Å². The van der Waals surface area contributed by atoms with Gasteiger partial charge in [0, 0.05) is 19.6 Å². The predicted molar refractivity (Wildman–Crippen MR) is 53.8 cm³/mol. The molecule has 0 aromatic rings. The summed E-state index contributed by atoms with van der Waals surface area (Å²) >= 11 is 0. The molecular formula is C11H21NO. The molecule has 13 heavy (non-hydrogen) atoms. The molecule has 1 saturated carbocycles. The molecule has 0 N–H and O–H groups in total. The molecule has 1 heterocycles. The molecule has 2 aliphatic rings. The first-order chi connectivity index (χ1) is 6.38. The third kappa shape index (κ3) is 2.96. The van der Waals surface area contributed by atoms with E-state index in [1.54, 1.807) is 0 Å². The lowest BCUT2D eigenvalue weighted by molar-refractivity contribution is -0.0334. The average molecular weight is 183 g/mol. The van der Waals surface area contributed by atoms with E-state index in [1.807, 2.05) is 0 Å². The summed E-state index contributed by atoms with van der Waals surface area (Å²) in [5.74, 6) is 1.03. The summed E-state index contributed by atoms with van der Waals surface area (Å²) < 4.78 is 5.71. The summed E-state index contributed by atoms with van der Waals surface area (Å²) in [7, 11) is 0. The fraction of sp³-hybridized carbons (Fsp3) is 1.00. The molecule has 1 saturated heterocycles. The van der Waals surface area contributed by atoms with Gasteiger partial charge >= 0.3 is 0 Å². The molecule has 0 unspecified atom stereocenters. The van der Waals surface area contributed by atoms with Crippen molar-refractivity contribution >= 4 is 0 Å². The minimum absolute atomic E-state index is 0.525. The van der Waals surface area contributed by atoms with Crippen molar-refractivity contribution in [3.8, 4) is 0 Å². The zero-order valence-electron chi connectivity index (χ0n) is 8.67. The van der Waals surface area contributed by atoms with E-state index in [0.29, 0.717) is 6.10 Å². The van der Waals surface area contributed by atoms with Crippen LogP contribution in [0.4, 0.5) is 0 Å². The summed E-state index contributed by atoms with van der Waals surface area (Å²) in [6, 6.07) is 0. The summed E-state index contributed by atoms with van der Waals surface area (Å²) in [6.45, 7) is 6.88. The Morgan fingerprint density at radius 3 is 2.92 bits per heavy atom. The Hall–Kier alpha value is -0.0800. The van der Waals surface area contributed by atoms with Crippen molar-refractivity contribution in [1.82, 2.24) is 4.90 Å². The van der Waals surface area contributed by atoms with Crippen LogP contribution in [0.3, 0.4) is 0 Å². The maximum Gasteiger partial charge on any atom is 0.0702 e. The van der Waals surface area contributed by atoms with Gasteiger partial charge in [0.05, 0.1) is 12.7 Å². The molecule has 0 spiro atoms. The smallest absolute Gasteiger partial charge is 0.0702 e. The molecule has 1 aliphatic heterocycles. The molecule has 1 aliphatic carbocycles. The summed E-state index contributed by atoms with van der Waals surface area (Å²) in [4.78, 5) is 2.60. The highest BCUT2D eigenvalue weighted by Crippen LogP contribution is 2.30. The van der Waals surface area contributed by atoms with Gasteiger partial charge in [-0.05, 0) is 25.2 Å². The second-order valence-corrected chi connectivity index (χ2v) is 4.48. The molecule has 0 aromatic carbocycles. The van der Waals surface area contributed by atoms with Gasteiger partial charge in [0.1, 0.15) is 0 Å². The SMILES string of the molecule is CCC[C@@H]1CN(CC2CC2)CCO1. The van der Waals surface area contributed by atoms with E-state index in [0.717, 1.165) is 19.1 Å². The van der Waals surface area contributed by atoms with E-state index in [1.165, 1.54) is 38.8 Å². The van der Waals surface area contributed by atoms with Crippen molar-refractivity contribution in [2.24, 2.45) is 5.92 Å². The van der Waals surface area contributed by atoms with Crippen LogP contribution >= 0.6 is 0 Å². The fourth-order valence-corrected chi connectivity index (χ4v) is 2.11. The quantitative estimate of drug-likeness (QED) is 0.660. The van der Waals surface area contributed by atoms with Crippen LogP contribution in [-0.4, -0.2) is 37.2 Å². The third-order valence-electron chi connectivity index (χ3n) is 3.05. The number of ether oxygens (including phenoxy) is 1. The molecule has 0 bridgehead atoms. The lowest BCUT2D eigenvalue weighted by atomic mass is 10.1. The van der Waals surface area contributed by atoms with E-state index in [9.17, 15) is 0 Å². The number of nitrogens with zero attached hydrogens (tertiary/aromatic N) is 1. The lowest BCUT2D eigenvalue weighted by Crippen LogP contribution is -2.43. The second kappa shape index (κ2) is 4.43. The van der Waals surface area contributed by atoms with E-state index >= 15 is 0 Å². The molecule has 2 fully saturated rings. The van der Waals surface area contributed by atoms with Crippen molar-refractivity contribution in [1.29, 1.82) is 0 Å². The van der Waals surface area contributed by atoms with Gasteiger partial charge < -0.3 is 4.74 Å². The Kier molecular flexibility index (Phi) is 3.23. The van der Waals surface area contributed by atoms with Gasteiger partial charge in [-0.2, -0.15) is 0 Å². The molecule has 2 rings (SSSR count). The number of hydrogen-bond acceptors (Lipinski definition) is 2. The summed E-state index contributed by atoms with van der Waals surface area (Å²) in [5.41, 5.74) is 0. The van der Waals surface area contributed by atoms with E-state index in [-0.39, 0.29) is 0 Å². The van der Waals surface area contributed by atoms with E-state index < -0.39 is 0 Å². The number of rotatable bonds is 4. The number of hydrogen-bond donors (Lipinski definition) is 0. The van der Waals surface area contributed by atoms with Gasteiger partial charge in [-0.1, -0.05) is 13.3 Å². The predicted octanol–water partition coefficient (Wildman–Crippen LogP) is 1.90. The van der Waals surface area contributed by atoms with Crippen molar-refractivity contribution in [2.45, 2.75) is 38.7 Å². The Morgan fingerprint density at radius 2 is 2.23 bits per heavy atom. The Labute approximate surface area is 81.3 Å². The summed E-state index contributed by atoms with van der Waals surface area (Å²) in [6.07, 6.45) is 5.95. The van der Waals surface area contributed by atoms with Gasteiger partial charge in [-0.15, -0.1) is 0 Å². The van der Waals surface area contributed by atoms with Gasteiger partial charge in [-0.25, -0.2) is 0 Å². The maximum atomic E-state index is 5.71. The molecule has 76 valence electrons. The molecule has 0 radical (unpaired) electrons. The van der Waals surface area contributed by atoms with Crippen LogP contribution < -0.4 is 0 Å². The van der Waals surface area contributed by atoms with Gasteiger partial charge in [0.15, 0.2) is 0 Å². The van der Waals surface area contributed by atoms with Crippen LogP contribution in [0.5, 0.6) is 0 Å². The minimum atomic E-state index is 0.525. The van der Waals surface area contributed by atoms with Crippen LogP contribution in [0.25, 0.3) is 0 Å². The molecule has 0 aromatic heterocycles. The van der Waals surface area contributed by atoms with Crippen LogP contribution in [-0.2, 0) is 4.74 Å². The zero-order chi connectivity index (χ0) is 9.10. The second-order valence-electron chi connectivity index (χ2n) is 4.48. The van der Waals surface area contributed by atoms with Crippen molar-refractivity contribution < 1.29 is 4.74 Å². The standard InChI is InChI=1S/C11H21NO/c1-2-3-11-9-12(6-7-13-11)8-10-4-5-10/h10-11H,2-9H2,1H3/t11-/m1/s1. The first kappa shape index (κ1) is 9.47. The first-order valence-corrected chi connectivity index (χ1v) is 5.72. The average Bonchev–Trinajstić information content (AvgIpc) is 2.90. The molecule has 2 heteroatoms. The largest absolute Gasteiger partial charge is 0.376 e. The lowest BCUT2D eigenvalue weighted by Gasteiger charge is -2.32. The number of morpholine rings is 1. The Balaban J connectivity index is 1.70. The van der Waals surface area contributed by atoms with Gasteiger partial charge in [0.2, 0.25) is 0 Å². The van der Waals surface area contributed by atoms with Gasteiger partial charge in [0.25, 0.3) is 0 Å². The highest BCUT2D eigenvalue weighted by atomic mass is 16.5. The maximum absolute atomic E-state index is 5.71. The van der Waals surface area contributed by atoms with Crippen LogP contribution in [0, 0.1) is 5.92 Å². The Morgan fingerprint density at radius 1 is 1.38 bits per heavy atom. The molecule has 1 atom stereocenters. The zero-order valence-corrected chi connectivity index (χ0v) is 8.67. The Bertz CT molecular complexity index is 154. The normalized spacial score (nSPS) is 30.7. The van der Waals surface area contributed by atoms with Crippen molar-refractivity contribution in [3.63, 3.8) is 0 Å². The highest BCUT2D eigenvalue weighted by molar-refractivity contribution is 4.80. The molecule has 0 amide bonds. The van der Waals surface area contributed by atoms with Crippen molar-refractivity contribution in [3.05, 3.63) is 0 Å². The summed E-state index contributed by atoms with van der Waals surface area (Å²) in [5, 5.41) is 0. The highest BCUT2D eigenvalue weighted by Gasteiger charge is 2.27. The van der Waals surface area contributed by atoms with E-state index in [4.69, 9.17) is 4.74 Å². The van der Waals surface area contributed by atoms with E-state index in [2.05, 4.69) is 11.8 Å². The van der Waals surface area contributed by atoms with Crippen molar-refractivity contribution in [2.75, 3.05) is 26.2 Å². The fourth-order valence-electron chi connectivity index (χ4n) is 2.11. The topological polar surface area (TPSA) is 12.5 Å². The molecular weight excluding hydrogens is 162 g/mol. The first-order valence-electron chi connectivity index (χ1n) is 5.72. The third-order valence-corrected chi connectivity index (χ3v) is 3.05. The minimum Gasteiger partial charge on any atom is -0.376 e.